The molecule has 0 saturated heterocycles. The van der Waals surface area contributed by atoms with E-state index in [1.165, 1.54) is 7.11 Å². The molecule has 0 aliphatic heterocycles. The summed E-state index contributed by atoms with van der Waals surface area (Å²) in [4.78, 5) is 15.3. The van der Waals surface area contributed by atoms with Crippen molar-refractivity contribution in [3.63, 3.8) is 0 Å². The average Bonchev–Trinajstić information content (AvgIpc) is 2.24. The molecular weight excluding hydrogens is 210 g/mol. The van der Waals surface area contributed by atoms with Gasteiger partial charge in [-0.05, 0) is 18.9 Å². The van der Waals surface area contributed by atoms with Crippen LogP contribution in [0.2, 0.25) is 0 Å². The number of carbonyl (C=O) groups is 1. The Bertz CT molecular complexity index is 412. The number of hydrogen-bond donors (Lipinski definition) is 2. The van der Waals surface area contributed by atoms with Crippen molar-refractivity contribution in [3.05, 3.63) is 23.9 Å². The first-order valence-corrected chi connectivity index (χ1v) is 5.01. The van der Waals surface area contributed by atoms with E-state index < -0.39 is 17.5 Å². The lowest BCUT2D eigenvalue weighted by Crippen LogP contribution is -2.50. The number of aliphatic carboxylic acids is 1. The fourth-order valence-electron chi connectivity index (χ4n) is 2.17. The summed E-state index contributed by atoms with van der Waals surface area (Å²) in [7, 11) is 1.45. The van der Waals surface area contributed by atoms with Crippen molar-refractivity contribution < 1.29 is 19.7 Å². The fourth-order valence-corrected chi connectivity index (χ4v) is 2.17. The van der Waals surface area contributed by atoms with E-state index in [9.17, 15) is 15.0 Å². The molecule has 0 atom stereocenters. The summed E-state index contributed by atoms with van der Waals surface area (Å²) in [5.41, 5.74) is -0.505. The Kier molecular flexibility index (Phi) is 2.55. The Hall–Kier alpha value is -1.62. The molecule has 1 heterocycles. The van der Waals surface area contributed by atoms with E-state index in [0.29, 0.717) is 11.4 Å². The first kappa shape index (κ1) is 10.9. The molecule has 1 aromatic heterocycles. The first-order chi connectivity index (χ1) is 7.60. The zero-order valence-electron chi connectivity index (χ0n) is 8.88. The van der Waals surface area contributed by atoms with Gasteiger partial charge >= 0.3 is 5.97 Å². The zero-order chi connectivity index (χ0) is 11.8. The van der Waals surface area contributed by atoms with Crippen molar-refractivity contribution in [2.24, 2.45) is 0 Å². The molecule has 0 bridgehead atoms. The molecule has 0 aromatic carbocycles. The van der Waals surface area contributed by atoms with Crippen LogP contribution in [0.1, 0.15) is 18.4 Å². The number of carboxylic acid groups (broad SMARTS) is 1. The van der Waals surface area contributed by atoms with E-state index >= 15 is 0 Å². The zero-order valence-corrected chi connectivity index (χ0v) is 8.88. The summed E-state index contributed by atoms with van der Waals surface area (Å²) in [6.45, 7) is 0. The third kappa shape index (κ3) is 1.44. The molecule has 1 aromatic rings. The number of methoxy groups -OCH3 is 1. The number of aliphatic hydroxyl groups excluding tert-OH is 1. The summed E-state index contributed by atoms with van der Waals surface area (Å²) in [5, 5.41) is 18.6. The van der Waals surface area contributed by atoms with Gasteiger partial charge in [0, 0.05) is 11.8 Å². The molecule has 5 nitrogen and oxygen atoms in total. The third-order valence-corrected chi connectivity index (χ3v) is 3.06. The van der Waals surface area contributed by atoms with Crippen LogP contribution in [0.15, 0.2) is 18.3 Å². The molecule has 1 fully saturated rings. The smallest absolute Gasteiger partial charge is 0.314 e. The van der Waals surface area contributed by atoms with Crippen LogP contribution in [0.25, 0.3) is 0 Å². The van der Waals surface area contributed by atoms with Gasteiger partial charge in [0.15, 0.2) is 0 Å². The maximum absolute atomic E-state index is 11.3. The fraction of sp³-hybridized carbons (Fsp3) is 0.455. The lowest BCUT2D eigenvalue weighted by molar-refractivity contribution is -0.153. The second-order valence-corrected chi connectivity index (χ2v) is 4.01. The van der Waals surface area contributed by atoms with E-state index in [0.717, 1.165) is 0 Å². The Labute approximate surface area is 92.7 Å². The second kappa shape index (κ2) is 3.75. The molecule has 1 saturated carbocycles. The first-order valence-electron chi connectivity index (χ1n) is 5.01. The van der Waals surface area contributed by atoms with Crippen molar-refractivity contribution >= 4 is 5.97 Å². The highest BCUT2D eigenvalue weighted by Gasteiger charge is 2.53. The van der Waals surface area contributed by atoms with Crippen molar-refractivity contribution in [1.29, 1.82) is 0 Å². The lowest BCUT2D eigenvalue weighted by atomic mass is 9.63. The Morgan fingerprint density at radius 2 is 2.31 bits per heavy atom. The van der Waals surface area contributed by atoms with Crippen LogP contribution < -0.4 is 4.74 Å². The average molecular weight is 223 g/mol. The van der Waals surface area contributed by atoms with Crippen LogP contribution in [0.3, 0.4) is 0 Å². The second-order valence-electron chi connectivity index (χ2n) is 4.01. The number of aliphatic hydroxyl groups is 1. The van der Waals surface area contributed by atoms with Gasteiger partial charge in [0.05, 0.1) is 13.2 Å². The molecule has 0 spiro atoms. The van der Waals surface area contributed by atoms with E-state index in [1.54, 1.807) is 18.3 Å². The van der Waals surface area contributed by atoms with Gasteiger partial charge in [-0.15, -0.1) is 0 Å². The number of rotatable bonds is 3. The molecule has 0 radical (unpaired) electrons. The van der Waals surface area contributed by atoms with Crippen LogP contribution in [-0.4, -0.2) is 34.4 Å². The van der Waals surface area contributed by atoms with E-state index in [4.69, 9.17) is 4.74 Å². The molecule has 1 aliphatic carbocycles. The van der Waals surface area contributed by atoms with Crippen LogP contribution in [0.5, 0.6) is 5.88 Å². The topological polar surface area (TPSA) is 79.7 Å². The van der Waals surface area contributed by atoms with Gasteiger partial charge in [0.1, 0.15) is 5.41 Å². The summed E-state index contributed by atoms with van der Waals surface area (Å²) in [6.07, 6.45) is 1.42. The van der Waals surface area contributed by atoms with Crippen molar-refractivity contribution in [1.82, 2.24) is 4.98 Å². The maximum atomic E-state index is 11.3. The quantitative estimate of drug-likeness (QED) is 0.783. The number of pyridine rings is 1. The van der Waals surface area contributed by atoms with Crippen molar-refractivity contribution in [2.75, 3.05) is 7.11 Å². The van der Waals surface area contributed by atoms with Crippen LogP contribution in [0, 0.1) is 0 Å². The van der Waals surface area contributed by atoms with Gasteiger partial charge in [-0.1, -0.05) is 6.07 Å². The van der Waals surface area contributed by atoms with Gasteiger partial charge < -0.3 is 14.9 Å². The van der Waals surface area contributed by atoms with Gasteiger partial charge in [0.25, 0.3) is 0 Å². The lowest BCUT2D eigenvalue weighted by Gasteiger charge is -2.42. The molecule has 5 heteroatoms. The van der Waals surface area contributed by atoms with Crippen LogP contribution in [-0.2, 0) is 10.2 Å². The minimum Gasteiger partial charge on any atom is -0.481 e. The maximum Gasteiger partial charge on any atom is 0.314 e. The Balaban J connectivity index is 2.44. The predicted octanol–water partition coefficient (Wildman–Crippen LogP) is 0.567. The molecule has 0 amide bonds. The molecule has 2 rings (SSSR count). The summed E-state index contributed by atoms with van der Waals surface area (Å²) in [5.74, 6) is -0.624. The Morgan fingerprint density at radius 1 is 1.62 bits per heavy atom. The molecule has 86 valence electrons. The highest BCUT2D eigenvalue weighted by Crippen LogP contribution is 2.46. The molecular formula is C11H13NO4. The normalized spacial score (nSPS) is 28.2. The predicted molar refractivity (Wildman–Crippen MR) is 55.3 cm³/mol. The summed E-state index contributed by atoms with van der Waals surface area (Å²) >= 11 is 0. The molecule has 0 unspecified atom stereocenters. The molecule has 16 heavy (non-hydrogen) atoms. The van der Waals surface area contributed by atoms with E-state index in [-0.39, 0.29) is 12.8 Å². The number of hydrogen-bond acceptors (Lipinski definition) is 4. The van der Waals surface area contributed by atoms with Gasteiger partial charge in [-0.2, -0.15) is 0 Å². The number of aromatic nitrogens is 1. The van der Waals surface area contributed by atoms with Gasteiger partial charge in [0.2, 0.25) is 5.88 Å². The highest BCUT2D eigenvalue weighted by atomic mass is 16.5. The summed E-state index contributed by atoms with van der Waals surface area (Å²) < 4.78 is 5.06. The molecule has 1 aliphatic rings. The SMILES string of the molecule is COc1ncccc1C1(C(=O)O)CC(O)C1. The van der Waals surface area contributed by atoms with Crippen molar-refractivity contribution in [3.8, 4) is 5.88 Å². The Morgan fingerprint density at radius 3 is 2.81 bits per heavy atom. The van der Waals surface area contributed by atoms with E-state index in [2.05, 4.69) is 4.98 Å². The minimum atomic E-state index is -1.04. The highest BCUT2D eigenvalue weighted by molar-refractivity contribution is 5.83. The largest absolute Gasteiger partial charge is 0.481 e. The standard InChI is InChI=1S/C11H13NO4/c1-16-9-8(3-2-4-12-9)11(10(14)15)5-7(13)6-11/h2-4,7,13H,5-6H2,1H3,(H,14,15). The molecule has 2 N–H and O–H groups in total. The van der Waals surface area contributed by atoms with Crippen LogP contribution >= 0.6 is 0 Å². The number of ether oxygens (including phenoxy) is 1. The number of nitrogens with zero attached hydrogens (tertiary/aromatic N) is 1. The van der Waals surface area contributed by atoms with Gasteiger partial charge in [-0.25, -0.2) is 4.98 Å². The van der Waals surface area contributed by atoms with Crippen LogP contribution in [0.4, 0.5) is 0 Å². The minimum absolute atomic E-state index is 0.213. The monoisotopic (exact) mass is 223 g/mol. The van der Waals surface area contributed by atoms with Gasteiger partial charge in [-0.3, -0.25) is 4.79 Å². The third-order valence-electron chi connectivity index (χ3n) is 3.06. The summed E-state index contributed by atoms with van der Waals surface area (Å²) in [6, 6.07) is 3.36. The van der Waals surface area contributed by atoms with E-state index in [1.807, 2.05) is 0 Å². The number of carboxylic acids is 1. The van der Waals surface area contributed by atoms with Crippen molar-refractivity contribution in [2.45, 2.75) is 24.4 Å².